The zero-order valence-corrected chi connectivity index (χ0v) is 9.89. The van der Waals surface area contributed by atoms with Crippen molar-refractivity contribution in [3.05, 3.63) is 34.9 Å². The molecule has 0 spiro atoms. The minimum absolute atomic E-state index is 0.698. The Balaban J connectivity index is 2.06. The number of halogens is 1. The Morgan fingerprint density at radius 1 is 1.07 bits per heavy atom. The Morgan fingerprint density at radius 3 is 2.40 bits per heavy atom. The summed E-state index contributed by atoms with van der Waals surface area (Å²) in [6.45, 7) is 0. The largest absolute Gasteiger partial charge is 0.0843 e. The predicted molar refractivity (Wildman–Crippen MR) is 65.3 cm³/mol. The third kappa shape index (κ3) is 3.24. The van der Waals surface area contributed by atoms with Crippen LogP contribution in [0.4, 0.5) is 0 Å². The molecule has 0 aromatic heterocycles. The van der Waals surface area contributed by atoms with E-state index in [1.165, 1.54) is 50.5 Å². The first-order valence-electron chi connectivity index (χ1n) is 6.03. The number of hydrogen-bond donors (Lipinski definition) is 0. The lowest BCUT2D eigenvalue weighted by atomic mass is 9.86. The van der Waals surface area contributed by atoms with Gasteiger partial charge in [0.25, 0.3) is 0 Å². The minimum Gasteiger partial charge on any atom is -0.0843 e. The molecule has 0 bridgehead atoms. The Kier molecular flexibility index (Phi) is 4.08. The third-order valence-corrected chi connectivity index (χ3v) is 3.57. The molecule has 1 aliphatic carbocycles. The lowest BCUT2D eigenvalue weighted by Crippen LogP contribution is -2.02. The maximum atomic E-state index is 6.02. The summed E-state index contributed by atoms with van der Waals surface area (Å²) in [5.74, 6) is 0.698. The fourth-order valence-electron chi connectivity index (χ4n) is 2.46. The van der Waals surface area contributed by atoms with Crippen LogP contribution in [-0.2, 0) is 0 Å². The number of benzene rings is 1. The molecule has 1 aromatic rings. The molecule has 1 saturated carbocycles. The van der Waals surface area contributed by atoms with Crippen LogP contribution >= 0.6 is 11.6 Å². The molecule has 0 saturated heterocycles. The van der Waals surface area contributed by atoms with Gasteiger partial charge in [-0.05, 0) is 42.5 Å². The van der Waals surface area contributed by atoms with Crippen molar-refractivity contribution in [3.8, 4) is 0 Å². The van der Waals surface area contributed by atoms with Crippen LogP contribution in [0.2, 0.25) is 5.02 Å². The van der Waals surface area contributed by atoms with Gasteiger partial charge in [-0.1, -0.05) is 49.8 Å². The summed E-state index contributed by atoms with van der Waals surface area (Å²) < 4.78 is 0. The first-order valence-corrected chi connectivity index (χ1v) is 6.41. The van der Waals surface area contributed by atoms with Crippen LogP contribution in [0.3, 0.4) is 0 Å². The Hall–Kier alpha value is -0.490. The average molecular weight is 222 g/mol. The highest BCUT2D eigenvalue weighted by Gasteiger charge is 2.13. The van der Waals surface area contributed by atoms with Gasteiger partial charge in [-0.3, -0.25) is 0 Å². The van der Waals surface area contributed by atoms with E-state index in [1.807, 2.05) is 12.1 Å². The minimum atomic E-state index is 0.698. The Morgan fingerprint density at radius 2 is 1.73 bits per heavy atom. The molecule has 2 rings (SSSR count). The summed E-state index contributed by atoms with van der Waals surface area (Å²) >= 11 is 6.02. The zero-order valence-electron chi connectivity index (χ0n) is 9.14. The van der Waals surface area contributed by atoms with Crippen molar-refractivity contribution < 1.29 is 0 Å². The number of rotatable bonds is 1. The molecular formula is C14H18Cl. The summed E-state index contributed by atoms with van der Waals surface area (Å²) in [5.41, 5.74) is 1.32. The standard InChI is InChI=1S/C14H18Cl/c15-14-10-6-9-13(11-14)12-7-4-2-1-3-5-8-12/h6,10-12H,1-5,7-8H2. The van der Waals surface area contributed by atoms with E-state index < -0.39 is 0 Å². The highest BCUT2D eigenvalue weighted by atomic mass is 35.5. The molecule has 0 heterocycles. The lowest BCUT2D eigenvalue weighted by molar-refractivity contribution is 0.455. The van der Waals surface area contributed by atoms with Gasteiger partial charge < -0.3 is 0 Å². The SMILES string of the molecule is Clc1cc[c]c(C2CCCCCCC2)c1. The molecular weight excluding hydrogens is 204 g/mol. The maximum Gasteiger partial charge on any atom is 0.0409 e. The zero-order chi connectivity index (χ0) is 10.5. The maximum absolute atomic E-state index is 6.02. The highest BCUT2D eigenvalue weighted by Crippen LogP contribution is 2.31. The molecule has 1 radical (unpaired) electrons. The highest BCUT2D eigenvalue weighted by molar-refractivity contribution is 6.30. The van der Waals surface area contributed by atoms with Gasteiger partial charge in [0.15, 0.2) is 0 Å². The second-order valence-corrected chi connectivity index (χ2v) is 4.94. The van der Waals surface area contributed by atoms with E-state index in [0.717, 1.165) is 5.02 Å². The molecule has 81 valence electrons. The summed E-state index contributed by atoms with van der Waals surface area (Å²) in [6, 6.07) is 9.30. The molecule has 0 amide bonds. The molecule has 1 aliphatic rings. The van der Waals surface area contributed by atoms with Crippen LogP contribution in [0.5, 0.6) is 0 Å². The Labute approximate surface area is 97.6 Å². The smallest absolute Gasteiger partial charge is 0.0409 e. The van der Waals surface area contributed by atoms with Gasteiger partial charge in [0.1, 0.15) is 0 Å². The summed E-state index contributed by atoms with van der Waals surface area (Å²) in [6.07, 6.45) is 9.59. The molecule has 0 atom stereocenters. The van der Waals surface area contributed by atoms with Gasteiger partial charge in [0.2, 0.25) is 0 Å². The van der Waals surface area contributed by atoms with E-state index in [-0.39, 0.29) is 0 Å². The van der Waals surface area contributed by atoms with Crippen LogP contribution in [0.15, 0.2) is 18.2 Å². The molecule has 0 aliphatic heterocycles. The van der Waals surface area contributed by atoms with Gasteiger partial charge >= 0.3 is 0 Å². The lowest BCUT2D eigenvalue weighted by Gasteiger charge is -2.19. The molecule has 15 heavy (non-hydrogen) atoms. The van der Waals surface area contributed by atoms with Crippen LogP contribution < -0.4 is 0 Å². The quantitative estimate of drug-likeness (QED) is 0.628. The van der Waals surface area contributed by atoms with Crippen molar-refractivity contribution in [1.29, 1.82) is 0 Å². The van der Waals surface area contributed by atoms with Gasteiger partial charge in [-0.15, -0.1) is 0 Å². The molecule has 0 N–H and O–H groups in total. The normalized spacial score (nSPS) is 19.5. The summed E-state index contributed by atoms with van der Waals surface area (Å²) in [5, 5.41) is 0.853. The monoisotopic (exact) mass is 221 g/mol. The van der Waals surface area contributed by atoms with E-state index in [9.17, 15) is 0 Å². The second kappa shape index (κ2) is 5.55. The first-order chi connectivity index (χ1) is 7.36. The van der Waals surface area contributed by atoms with E-state index >= 15 is 0 Å². The van der Waals surface area contributed by atoms with Crippen molar-refractivity contribution in [1.82, 2.24) is 0 Å². The summed E-state index contributed by atoms with van der Waals surface area (Å²) in [4.78, 5) is 0. The van der Waals surface area contributed by atoms with Gasteiger partial charge in [0.05, 0.1) is 0 Å². The van der Waals surface area contributed by atoms with Gasteiger partial charge in [-0.25, -0.2) is 0 Å². The fourth-order valence-corrected chi connectivity index (χ4v) is 2.64. The average Bonchev–Trinajstić information content (AvgIpc) is 2.16. The van der Waals surface area contributed by atoms with Crippen LogP contribution in [0.1, 0.15) is 56.4 Å². The van der Waals surface area contributed by atoms with E-state index in [1.54, 1.807) is 0 Å². The fraction of sp³-hybridized carbons (Fsp3) is 0.571. The van der Waals surface area contributed by atoms with Crippen molar-refractivity contribution in [3.63, 3.8) is 0 Å². The molecule has 0 nitrogen and oxygen atoms in total. The van der Waals surface area contributed by atoms with E-state index in [4.69, 9.17) is 11.6 Å². The van der Waals surface area contributed by atoms with E-state index in [0.29, 0.717) is 5.92 Å². The second-order valence-electron chi connectivity index (χ2n) is 4.50. The van der Waals surface area contributed by atoms with E-state index in [2.05, 4.69) is 12.1 Å². The topological polar surface area (TPSA) is 0 Å². The van der Waals surface area contributed by atoms with Crippen LogP contribution in [-0.4, -0.2) is 0 Å². The molecule has 1 heteroatoms. The van der Waals surface area contributed by atoms with Gasteiger partial charge in [0, 0.05) is 5.02 Å². The summed E-state index contributed by atoms with van der Waals surface area (Å²) in [7, 11) is 0. The van der Waals surface area contributed by atoms with Crippen molar-refractivity contribution >= 4 is 11.6 Å². The van der Waals surface area contributed by atoms with Crippen molar-refractivity contribution in [2.24, 2.45) is 0 Å². The third-order valence-electron chi connectivity index (χ3n) is 3.33. The van der Waals surface area contributed by atoms with Crippen LogP contribution in [0, 0.1) is 6.07 Å². The first kappa shape index (κ1) is 11.0. The molecule has 1 aromatic carbocycles. The van der Waals surface area contributed by atoms with Crippen molar-refractivity contribution in [2.75, 3.05) is 0 Å². The van der Waals surface area contributed by atoms with Crippen molar-refractivity contribution in [2.45, 2.75) is 50.9 Å². The molecule has 0 unspecified atom stereocenters. The number of hydrogen-bond acceptors (Lipinski definition) is 0. The predicted octanol–water partition coefficient (Wildman–Crippen LogP) is 4.97. The van der Waals surface area contributed by atoms with Gasteiger partial charge in [-0.2, -0.15) is 0 Å². The van der Waals surface area contributed by atoms with Crippen LogP contribution in [0.25, 0.3) is 0 Å². The Bertz CT molecular complexity index is 298. The molecule has 1 fully saturated rings.